The van der Waals surface area contributed by atoms with E-state index in [4.69, 9.17) is 4.74 Å². The van der Waals surface area contributed by atoms with Crippen LogP contribution in [0.1, 0.15) is 52.9 Å². The molecule has 1 aliphatic heterocycles. The van der Waals surface area contributed by atoms with Gasteiger partial charge in [-0.3, -0.25) is 4.79 Å². The fourth-order valence-electron chi connectivity index (χ4n) is 3.04. The van der Waals surface area contributed by atoms with Gasteiger partial charge in [0.25, 0.3) is 0 Å². The molecule has 2 rings (SSSR count). The van der Waals surface area contributed by atoms with Gasteiger partial charge in [0.15, 0.2) is 0 Å². The van der Waals surface area contributed by atoms with Gasteiger partial charge in [0.2, 0.25) is 0 Å². The first-order chi connectivity index (χ1) is 9.28. The van der Waals surface area contributed by atoms with Crippen molar-refractivity contribution in [2.45, 2.75) is 64.5 Å². The molecule has 1 saturated carbocycles. The summed E-state index contributed by atoms with van der Waals surface area (Å²) >= 11 is 0. The minimum Gasteiger partial charge on any atom is -0.481 e. The van der Waals surface area contributed by atoms with E-state index in [1.54, 1.807) is 4.90 Å². The fraction of sp³-hybridized carbons (Fsp3) is 0.867. The number of carboxylic acid groups (broad SMARTS) is 1. The molecule has 1 amide bonds. The number of likely N-dealkylation sites (tertiary alicyclic amines) is 1. The summed E-state index contributed by atoms with van der Waals surface area (Å²) in [6.45, 7) is 5.79. The lowest BCUT2D eigenvalue weighted by Crippen LogP contribution is -2.54. The van der Waals surface area contributed by atoms with E-state index in [0.717, 1.165) is 19.3 Å². The highest BCUT2D eigenvalue weighted by Gasteiger charge is 2.41. The topological polar surface area (TPSA) is 66.8 Å². The summed E-state index contributed by atoms with van der Waals surface area (Å²) in [5.41, 5.74) is -0.544. The molecule has 1 heterocycles. The van der Waals surface area contributed by atoms with E-state index in [1.165, 1.54) is 6.42 Å². The number of carbonyl (C=O) groups excluding carboxylic acids is 1. The summed E-state index contributed by atoms with van der Waals surface area (Å²) in [6, 6.07) is 0.161. The zero-order valence-corrected chi connectivity index (χ0v) is 12.6. The average molecular weight is 283 g/mol. The number of rotatable bonds is 2. The number of carbonyl (C=O) groups is 2. The highest BCUT2D eigenvalue weighted by molar-refractivity contribution is 5.73. The normalized spacial score (nSPS) is 27.9. The molecule has 0 aromatic rings. The maximum atomic E-state index is 12.3. The molecule has 2 unspecified atom stereocenters. The zero-order chi connectivity index (χ0) is 14.9. The van der Waals surface area contributed by atoms with Gasteiger partial charge in [-0.25, -0.2) is 4.79 Å². The van der Waals surface area contributed by atoms with Crippen LogP contribution >= 0.6 is 0 Å². The van der Waals surface area contributed by atoms with E-state index in [1.807, 2.05) is 20.8 Å². The molecule has 1 saturated heterocycles. The molecule has 2 fully saturated rings. The van der Waals surface area contributed by atoms with Gasteiger partial charge < -0.3 is 14.7 Å². The van der Waals surface area contributed by atoms with Crippen molar-refractivity contribution >= 4 is 12.1 Å². The summed E-state index contributed by atoms with van der Waals surface area (Å²) in [4.78, 5) is 25.2. The monoisotopic (exact) mass is 283 g/mol. The van der Waals surface area contributed by atoms with Crippen molar-refractivity contribution in [2.75, 3.05) is 6.54 Å². The third-order valence-electron chi connectivity index (χ3n) is 4.30. The van der Waals surface area contributed by atoms with Gasteiger partial charge in [-0.15, -0.1) is 0 Å². The summed E-state index contributed by atoms with van der Waals surface area (Å²) in [5.74, 6) is -0.748. The van der Waals surface area contributed by atoms with Crippen molar-refractivity contribution in [1.82, 2.24) is 4.90 Å². The number of nitrogens with zero attached hydrogens (tertiary/aromatic N) is 1. The molecule has 2 atom stereocenters. The van der Waals surface area contributed by atoms with Crippen molar-refractivity contribution in [3.8, 4) is 0 Å². The van der Waals surface area contributed by atoms with E-state index in [9.17, 15) is 14.7 Å². The van der Waals surface area contributed by atoms with Gasteiger partial charge in [-0.1, -0.05) is 6.42 Å². The number of amides is 1. The molecular weight excluding hydrogens is 258 g/mol. The quantitative estimate of drug-likeness (QED) is 0.846. The maximum absolute atomic E-state index is 12.3. The number of aliphatic carboxylic acids is 1. The molecule has 2 aliphatic rings. The Kier molecular flexibility index (Phi) is 4.25. The minimum absolute atomic E-state index is 0.161. The zero-order valence-electron chi connectivity index (χ0n) is 12.6. The van der Waals surface area contributed by atoms with Crippen molar-refractivity contribution < 1.29 is 19.4 Å². The second kappa shape index (κ2) is 5.62. The van der Waals surface area contributed by atoms with Crippen molar-refractivity contribution in [3.05, 3.63) is 0 Å². The van der Waals surface area contributed by atoms with Gasteiger partial charge >= 0.3 is 12.1 Å². The molecule has 5 nitrogen and oxygen atoms in total. The van der Waals surface area contributed by atoms with E-state index < -0.39 is 17.5 Å². The largest absolute Gasteiger partial charge is 0.481 e. The van der Waals surface area contributed by atoms with Crippen LogP contribution in [0.15, 0.2) is 0 Å². The highest BCUT2D eigenvalue weighted by atomic mass is 16.6. The van der Waals surface area contributed by atoms with Crippen LogP contribution in [0.25, 0.3) is 0 Å². The number of ether oxygens (including phenoxy) is 1. The molecule has 0 spiro atoms. The average Bonchev–Trinajstić information content (AvgIpc) is 2.24. The standard InChI is InChI=1S/C15H25NO4/c1-15(2,3)20-14(19)16-9-11(13(17)18)7-8-12(16)10-5-4-6-10/h10-12H,4-9H2,1-3H3,(H,17,18). The molecule has 114 valence electrons. The van der Waals surface area contributed by atoms with Crippen LogP contribution in [0.3, 0.4) is 0 Å². The Morgan fingerprint density at radius 2 is 1.80 bits per heavy atom. The molecule has 5 heteroatoms. The molecule has 0 radical (unpaired) electrons. The molecule has 0 aromatic carbocycles. The summed E-state index contributed by atoms with van der Waals surface area (Å²) in [7, 11) is 0. The smallest absolute Gasteiger partial charge is 0.410 e. The first-order valence-electron chi connectivity index (χ1n) is 7.50. The first kappa shape index (κ1) is 15.1. The van der Waals surface area contributed by atoms with Crippen LogP contribution in [0.4, 0.5) is 4.79 Å². The summed E-state index contributed by atoms with van der Waals surface area (Å²) in [6.07, 6.45) is 4.58. The Bertz CT molecular complexity index is 384. The summed E-state index contributed by atoms with van der Waals surface area (Å²) in [5, 5.41) is 9.19. The molecule has 1 N–H and O–H groups in total. The lowest BCUT2D eigenvalue weighted by molar-refractivity contribution is -0.144. The summed E-state index contributed by atoms with van der Waals surface area (Å²) < 4.78 is 5.45. The molecule has 20 heavy (non-hydrogen) atoms. The second-order valence-electron chi connectivity index (χ2n) is 7.00. The minimum atomic E-state index is -0.814. The van der Waals surface area contributed by atoms with Crippen LogP contribution in [0.2, 0.25) is 0 Å². The van der Waals surface area contributed by atoms with Crippen LogP contribution in [-0.2, 0) is 9.53 Å². The van der Waals surface area contributed by atoms with E-state index >= 15 is 0 Å². The van der Waals surface area contributed by atoms with Gasteiger partial charge in [0, 0.05) is 12.6 Å². The Labute approximate surface area is 120 Å². The Hall–Kier alpha value is -1.26. The predicted molar refractivity (Wildman–Crippen MR) is 74.4 cm³/mol. The Morgan fingerprint density at radius 3 is 2.25 bits per heavy atom. The third kappa shape index (κ3) is 3.44. The first-order valence-corrected chi connectivity index (χ1v) is 7.50. The van der Waals surface area contributed by atoms with Gasteiger partial charge in [-0.05, 0) is 52.4 Å². The fourth-order valence-corrected chi connectivity index (χ4v) is 3.04. The highest BCUT2D eigenvalue weighted by Crippen LogP contribution is 2.38. The Balaban J connectivity index is 2.08. The van der Waals surface area contributed by atoms with Gasteiger partial charge in [0.1, 0.15) is 5.60 Å². The SMILES string of the molecule is CC(C)(C)OC(=O)N1CC(C(=O)O)CCC1C1CCC1. The molecular formula is C15H25NO4. The Morgan fingerprint density at radius 1 is 1.15 bits per heavy atom. The maximum Gasteiger partial charge on any atom is 0.410 e. The van der Waals surface area contributed by atoms with E-state index in [-0.39, 0.29) is 18.7 Å². The molecule has 0 bridgehead atoms. The van der Waals surface area contributed by atoms with Crippen molar-refractivity contribution in [3.63, 3.8) is 0 Å². The van der Waals surface area contributed by atoms with E-state index in [0.29, 0.717) is 12.3 Å². The van der Waals surface area contributed by atoms with Crippen LogP contribution in [-0.4, -0.2) is 40.3 Å². The molecule has 0 aromatic heterocycles. The van der Waals surface area contributed by atoms with Crippen molar-refractivity contribution in [1.29, 1.82) is 0 Å². The van der Waals surface area contributed by atoms with Gasteiger partial charge in [-0.2, -0.15) is 0 Å². The van der Waals surface area contributed by atoms with Crippen LogP contribution < -0.4 is 0 Å². The molecule has 1 aliphatic carbocycles. The lowest BCUT2D eigenvalue weighted by atomic mass is 9.75. The van der Waals surface area contributed by atoms with Gasteiger partial charge in [0.05, 0.1) is 5.92 Å². The van der Waals surface area contributed by atoms with Crippen molar-refractivity contribution in [2.24, 2.45) is 11.8 Å². The number of hydrogen-bond acceptors (Lipinski definition) is 3. The number of hydrogen-bond donors (Lipinski definition) is 1. The van der Waals surface area contributed by atoms with Crippen LogP contribution in [0.5, 0.6) is 0 Å². The predicted octanol–water partition coefficient (Wildman–Crippen LogP) is 2.89. The second-order valence-corrected chi connectivity index (χ2v) is 7.00. The van der Waals surface area contributed by atoms with E-state index in [2.05, 4.69) is 0 Å². The lowest BCUT2D eigenvalue weighted by Gasteiger charge is -2.45. The van der Waals surface area contributed by atoms with Crippen LogP contribution in [0, 0.1) is 11.8 Å². The third-order valence-corrected chi connectivity index (χ3v) is 4.30. The number of piperidine rings is 1. The number of carboxylic acids is 1.